The average Bonchev–Trinajstić information content (AvgIpc) is 2.04. The summed E-state index contributed by atoms with van der Waals surface area (Å²) in [4.78, 5) is 0. The Morgan fingerprint density at radius 3 is 2.82 bits per heavy atom. The van der Waals surface area contributed by atoms with Crippen LogP contribution in [0.2, 0.25) is 0 Å². The lowest BCUT2D eigenvalue weighted by atomic mass is 9.95. The maximum Gasteiger partial charge on any atom is 0.113 e. The summed E-state index contributed by atoms with van der Waals surface area (Å²) in [5, 5.41) is 9.00. The molecule has 62 valence electrons. The molecule has 0 saturated carbocycles. The van der Waals surface area contributed by atoms with E-state index in [0.29, 0.717) is 13.2 Å². The van der Waals surface area contributed by atoms with E-state index < -0.39 is 11.6 Å². The van der Waals surface area contributed by atoms with E-state index in [0.717, 1.165) is 6.42 Å². The average molecular weight is 156 g/mol. The van der Waals surface area contributed by atoms with Gasteiger partial charge in [0.2, 0.25) is 0 Å². The van der Waals surface area contributed by atoms with Gasteiger partial charge >= 0.3 is 0 Å². The minimum Gasteiger partial charge on any atom is -0.393 e. The monoisotopic (exact) mass is 156 g/mol. The van der Waals surface area contributed by atoms with Gasteiger partial charge in [-0.15, -0.1) is 0 Å². The van der Waals surface area contributed by atoms with Crippen molar-refractivity contribution < 1.29 is 14.6 Å². The third kappa shape index (κ3) is 1.95. The van der Waals surface area contributed by atoms with Crippen LogP contribution in [0, 0.1) is 0 Å². The first-order valence-corrected chi connectivity index (χ1v) is 3.84. The number of aliphatic hydroxyl groups excluding tert-OH is 1. The first-order valence-electron chi connectivity index (χ1n) is 3.84. The fraction of sp³-hybridized carbons (Fsp3) is 1.00. The zero-order chi connectivity index (χ0) is 8.32. The van der Waals surface area contributed by atoms with Crippen LogP contribution in [-0.2, 0) is 9.47 Å². The second-order valence-electron chi connectivity index (χ2n) is 2.87. The normalized spacial score (nSPS) is 38.9. The van der Waals surface area contributed by atoms with Crippen molar-refractivity contribution >= 4 is 7.85 Å². The van der Waals surface area contributed by atoms with Crippen molar-refractivity contribution in [3.63, 3.8) is 0 Å². The Morgan fingerprint density at radius 2 is 2.45 bits per heavy atom. The zero-order valence-corrected chi connectivity index (χ0v) is 6.75. The molecule has 2 radical (unpaired) electrons. The van der Waals surface area contributed by atoms with Crippen LogP contribution in [0.5, 0.6) is 0 Å². The Kier molecular flexibility index (Phi) is 2.93. The summed E-state index contributed by atoms with van der Waals surface area (Å²) in [6, 6.07) is -0.393. The van der Waals surface area contributed by atoms with E-state index in [-0.39, 0.29) is 6.61 Å². The highest BCUT2D eigenvalue weighted by atomic mass is 16.6. The van der Waals surface area contributed by atoms with Crippen molar-refractivity contribution in [2.45, 2.75) is 24.9 Å². The van der Waals surface area contributed by atoms with Crippen LogP contribution in [0.4, 0.5) is 0 Å². The molecule has 0 aromatic carbocycles. The molecular weight excluding hydrogens is 143 g/mol. The minimum atomic E-state index is -0.558. The first kappa shape index (κ1) is 9.04. The molecule has 2 atom stereocenters. The van der Waals surface area contributed by atoms with E-state index in [9.17, 15) is 0 Å². The Morgan fingerprint density at radius 1 is 1.73 bits per heavy atom. The molecule has 0 spiro atoms. The molecule has 1 saturated heterocycles. The highest BCUT2D eigenvalue weighted by Gasteiger charge is 2.34. The van der Waals surface area contributed by atoms with Gasteiger partial charge in [0.1, 0.15) is 13.4 Å². The van der Waals surface area contributed by atoms with Crippen molar-refractivity contribution in [1.29, 1.82) is 0 Å². The van der Waals surface area contributed by atoms with Crippen molar-refractivity contribution in [2.24, 2.45) is 0 Å². The number of aliphatic hydroxyl groups is 1. The summed E-state index contributed by atoms with van der Waals surface area (Å²) in [6.07, 6.45) is 0.719. The first-order chi connectivity index (χ1) is 5.22. The summed E-state index contributed by atoms with van der Waals surface area (Å²) in [7, 11) is 5.50. The summed E-state index contributed by atoms with van der Waals surface area (Å²) in [5.41, 5.74) is -0.558. The van der Waals surface area contributed by atoms with Crippen LogP contribution < -0.4 is 0 Å². The van der Waals surface area contributed by atoms with Gasteiger partial charge in [0.05, 0.1) is 19.8 Å². The van der Waals surface area contributed by atoms with Gasteiger partial charge in [-0.05, 0) is 6.42 Å². The predicted molar refractivity (Wildman–Crippen MR) is 41.6 cm³/mol. The Labute approximate surface area is 68.1 Å². The van der Waals surface area contributed by atoms with Gasteiger partial charge < -0.3 is 14.6 Å². The smallest absolute Gasteiger partial charge is 0.113 e. The maximum atomic E-state index is 9.00. The molecular formula is C7H13BO3. The summed E-state index contributed by atoms with van der Waals surface area (Å²) >= 11 is 0. The highest BCUT2D eigenvalue weighted by Crippen LogP contribution is 2.21. The number of hydrogen-bond acceptors (Lipinski definition) is 3. The molecule has 1 rings (SSSR count). The highest BCUT2D eigenvalue weighted by molar-refractivity contribution is 6.11. The van der Waals surface area contributed by atoms with Crippen LogP contribution in [0.15, 0.2) is 0 Å². The molecule has 1 aliphatic rings. The maximum absolute atomic E-state index is 9.00. The Hall–Kier alpha value is -0.0551. The molecule has 0 aliphatic carbocycles. The quantitative estimate of drug-likeness (QED) is 0.556. The molecule has 3 nitrogen and oxygen atoms in total. The van der Waals surface area contributed by atoms with Crippen molar-refractivity contribution in [3.8, 4) is 0 Å². The Bertz CT molecular complexity index is 125. The number of ether oxygens (including phenoxy) is 2. The lowest BCUT2D eigenvalue weighted by Gasteiger charge is -2.38. The molecule has 0 bridgehead atoms. The third-order valence-electron chi connectivity index (χ3n) is 1.98. The van der Waals surface area contributed by atoms with Gasteiger partial charge in [-0.2, -0.15) is 0 Å². The fourth-order valence-corrected chi connectivity index (χ4v) is 1.13. The van der Waals surface area contributed by atoms with E-state index in [1.54, 1.807) is 0 Å². The van der Waals surface area contributed by atoms with Crippen molar-refractivity contribution in [3.05, 3.63) is 0 Å². The van der Waals surface area contributed by atoms with Crippen LogP contribution in [0.25, 0.3) is 0 Å². The van der Waals surface area contributed by atoms with Gasteiger partial charge in [-0.25, -0.2) is 0 Å². The zero-order valence-electron chi connectivity index (χ0n) is 6.75. The van der Waals surface area contributed by atoms with Gasteiger partial charge in [0.15, 0.2) is 0 Å². The second-order valence-corrected chi connectivity index (χ2v) is 2.87. The van der Waals surface area contributed by atoms with Crippen molar-refractivity contribution in [1.82, 2.24) is 0 Å². The molecule has 0 aromatic heterocycles. The van der Waals surface area contributed by atoms with E-state index in [1.807, 2.05) is 6.92 Å². The van der Waals surface area contributed by atoms with Crippen molar-refractivity contribution in [2.75, 3.05) is 19.8 Å². The number of rotatable bonds is 2. The van der Waals surface area contributed by atoms with Crippen LogP contribution >= 0.6 is 0 Å². The molecule has 1 fully saturated rings. The molecule has 0 amide bonds. The van der Waals surface area contributed by atoms with E-state index >= 15 is 0 Å². The topological polar surface area (TPSA) is 38.7 Å². The molecule has 1 aliphatic heterocycles. The number of hydrogen-bond donors (Lipinski definition) is 1. The molecule has 1 N–H and O–H groups in total. The standard InChI is InChI=1S/C7H13BO3/c1-2-7(4-9)5-10-3-6(8)11-7/h6,9H,2-5H2,1H3/t6-,7-/m1/s1. The van der Waals surface area contributed by atoms with Gasteiger partial charge in [-0.3, -0.25) is 0 Å². The molecule has 0 unspecified atom stereocenters. The van der Waals surface area contributed by atoms with E-state index in [4.69, 9.17) is 22.4 Å². The summed E-state index contributed by atoms with van der Waals surface area (Å²) < 4.78 is 10.5. The van der Waals surface area contributed by atoms with Crippen LogP contribution in [-0.4, -0.2) is 44.4 Å². The van der Waals surface area contributed by atoms with Crippen LogP contribution in [0.3, 0.4) is 0 Å². The van der Waals surface area contributed by atoms with Gasteiger partial charge in [0, 0.05) is 6.00 Å². The lowest BCUT2D eigenvalue weighted by Crippen LogP contribution is -2.50. The lowest BCUT2D eigenvalue weighted by molar-refractivity contribution is -0.190. The summed E-state index contributed by atoms with van der Waals surface area (Å²) in [5.74, 6) is 0. The fourth-order valence-electron chi connectivity index (χ4n) is 1.13. The summed E-state index contributed by atoms with van der Waals surface area (Å²) in [6.45, 7) is 2.77. The minimum absolute atomic E-state index is 0.0306. The molecule has 11 heavy (non-hydrogen) atoms. The predicted octanol–water partition coefficient (Wildman–Crippen LogP) is -0.331. The Balaban J connectivity index is 2.52. The van der Waals surface area contributed by atoms with Gasteiger partial charge in [-0.1, -0.05) is 6.92 Å². The van der Waals surface area contributed by atoms with E-state index in [2.05, 4.69) is 0 Å². The van der Waals surface area contributed by atoms with Gasteiger partial charge in [0.25, 0.3) is 0 Å². The second kappa shape index (κ2) is 3.56. The largest absolute Gasteiger partial charge is 0.393 e. The molecule has 4 heteroatoms. The molecule has 0 aromatic rings. The SMILES string of the molecule is [B][C@H]1COC[C@@](CC)(CO)O1. The van der Waals surface area contributed by atoms with Crippen LogP contribution in [0.1, 0.15) is 13.3 Å². The third-order valence-corrected chi connectivity index (χ3v) is 1.98. The van der Waals surface area contributed by atoms with E-state index in [1.165, 1.54) is 0 Å². The molecule has 1 heterocycles.